The smallest absolute Gasteiger partial charge is 0.309 e. The monoisotopic (exact) mass is 623 g/mol. The highest BCUT2D eigenvalue weighted by molar-refractivity contribution is 5.72. The van der Waals surface area contributed by atoms with E-state index in [1.807, 2.05) is 40.7 Å². The summed E-state index contributed by atoms with van der Waals surface area (Å²) >= 11 is 0. The van der Waals surface area contributed by atoms with Crippen molar-refractivity contribution in [3.8, 4) is 0 Å². The number of likely N-dealkylation sites (tertiary alicyclic amines) is 2. The first-order valence-electron chi connectivity index (χ1n) is 17.3. The molecule has 7 heteroatoms. The van der Waals surface area contributed by atoms with E-state index in [0.717, 1.165) is 90.9 Å². The second-order valence-electron chi connectivity index (χ2n) is 14.2. The van der Waals surface area contributed by atoms with Crippen LogP contribution in [0.5, 0.6) is 0 Å². The molecule has 0 amide bonds. The fourth-order valence-electron chi connectivity index (χ4n) is 6.60. The third-order valence-corrected chi connectivity index (χ3v) is 9.63. The minimum Gasteiger partial charge on any atom is -0.466 e. The van der Waals surface area contributed by atoms with Gasteiger partial charge < -0.3 is 20.3 Å². The number of ether oxygens (including phenoxy) is 1. The Morgan fingerprint density at radius 2 is 1.11 bits per heavy atom. The third-order valence-electron chi connectivity index (χ3n) is 9.63. The molecule has 3 saturated heterocycles. The lowest BCUT2D eigenvalue weighted by atomic mass is 9.83. The zero-order chi connectivity index (χ0) is 32.7. The molecule has 252 valence electrons. The van der Waals surface area contributed by atoms with Gasteiger partial charge in [-0.15, -0.1) is 0 Å². The molecule has 0 radical (unpaired) electrons. The second-order valence-corrected chi connectivity index (χ2v) is 14.2. The van der Waals surface area contributed by atoms with Crippen LogP contribution in [0.4, 0.5) is 0 Å². The van der Waals surface area contributed by atoms with Gasteiger partial charge in [0.25, 0.3) is 0 Å². The Kier molecular flexibility index (Phi) is 15.5. The van der Waals surface area contributed by atoms with Crippen LogP contribution in [0.2, 0.25) is 0 Å². The van der Waals surface area contributed by atoms with Crippen LogP contribution in [0.1, 0.15) is 84.3 Å². The van der Waals surface area contributed by atoms with Crippen molar-refractivity contribution in [1.29, 1.82) is 0 Å². The number of carbonyl (C=O) groups is 1. The lowest BCUT2D eigenvalue weighted by molar-refractivity contribution is -0.149. The topological polar surface area (TPSA) is 85.3 Å². The molecule has 0 aliphatic carbocycles. The summed E-state index contributed by atoms with van der Waals surface area (Å²) in [7, 11) is 0. The molecule has 0 saturated carbocycles. The van der Waals surface area contributed by atoms with Crippen LogP contribution in [-0.2, 0) is 22.6 Å². The van der Waals surface area contributed by atoms with Gasteiger partial charge in [-0.05, 0) is 135 Å². The van der Waals surface area contributed by atoms with Gasteiger partial charge in [-0.3, -0.25) is 14.6 Å². The summed E-state index contributed by atoms with van der Waals surface area (Å²) in [6.07, 6.45) is 6.29. The number of esters is 1. The molecule has 0 atom stereocenters. The van der Waals surface area contributed by atoms with Crippen molar-refractivity contribution in [3.63, 3.8) is 0 Å². The number of hydrogen-bond donors (Lipinski definition) is 3. The summed E-state index contributed by atoms with van der Waals surface area (Å²) < 4.78 is 5.08. The summed E-state index contributed by atoms with van der Waals surface area (Å²) in [5, 5.41) is 22.9. The molecule has 45 heavy (non-hydrogen) atoms. The predicted octanol–water partition coefficient (Wildman–Crippen LogP) is 5.89. The Bertz CT molecular complexity index is 1060. The molecule has 0 bridgehead atoms. The van der Waals surface area contributed by atoms with E-state index in [-0.39, 0.29) is 11.9 Å². The maximum Gasteiger partial charge on any atom is 0.309 e. The van der Waals surface area contributed by atoms with E-state index in [4.69, 9.17) is 4.74 Å². The predicted molar refractivity (Wildman–Crippen MR) is 184 cm³/mol. The van der Waals surface area contributed by atoms with Crippen LogP contribution in [0.3, 0.4) is 0 Å². The van der Waals surface area contributed by atoms with Crippen LogP contribution >= 0.6 is 0 Å². The molecule has 0 unspecified atom stereocenters. The van der Waals surface area contributed by atoms with Gasteiger partial charge in [0.05, 0.1) is 23.7 Å². The van der Waals surface area contributed by atoms with Crippen LogP contribution in [0, 0.1) is 17.8 Å². The number of benzene rings is 2. The Labute approximate surface area is 273 Å². The Morgan fingerprint density at radius 3 is 1.49 bits per heavy atom. The average molecular weight is 624 g/mol. The van der Waals surface area contributed by atoms with E-state index < -0.39 is 11.2 Å². The van der Waals surface area contributed by atoms with Crippen LogP contribution in [0.25, 0.3) is 0 Å². The first kappa shape index (κ1) is 37.2. The molecule has 0 spiro atoms. The number of hydrogen-bond acceptors (Lipinski definition) is 7. The van der Waals surface area contributed by atoms with Crippen molar-refractivity contribution < 1.29 is 19.7 Å². The van der Waals surface area contributed by atoms with Gasteiger partial charge in [0.15, 0.2) is 0 Å². The summed E-state index contributed by atoms with van der Waals surface area (Å²) in [4.78, 5) is 16.5. The number of nitrogens with one attached hydrogen (secondary N) is 1. The molecular weight excluding hydrogens is 562 g/mol. The molecule has 0 aromatic heterocycles. The lowest BCUT2D eigenvalue weighted by Gasteiger charge is -2.37. The highest BCUT2D eigenvalue weighted by Crippen LogP contribution is 2.28. The Balaban J connectivity index is 0.000000192. The van der Waals surface area contributed by atoms with Gasteiger partial charge in [-0.1, -0.05) is 60.7 Å². The second kappa shape index (κ2) is 18.8. The van der Waals surface area contributed by atoms with Gasteiger partial charge in [0, 0.05) is 13.1 Å². The zero-order valence-corrected chi connectivity index (χ0v) is 28.7. The van der Waals surface area contributed by atoms with Crippen molar-refractivity contribution in [3.05, 3.63) is 71.8 Å². The summed E-state index contributed by atoms with van der Waals surface area (Å²) in [5.74, 6) is 1.04. The third kappa shape index (κ3) is 13.9. The Hall–Kier alpha value is -2.29. The summed E-state index contributed by atoms with van der Waals surface area (Å²) in [5.41, 5.74) is 1.74. The highest BCUT2D eigenvalue weighted by atomic mass is 16.5. The minimum atomic E-state index is -0.515. The zero-order valence-electron chi connectivity index (χ0n) is 28.7. The molecule has 3 aliphatic heterocycles. The number of carbonyl (C=O) groups excluding carboxylic acids is 1. The van der Waals surface area contributed by atoms with E-state index in [0.29, 0.717) is 18.4 Å². The molecule has 2 aromatic carbocycles. The minimum absolute atomic E-state index is 0.0168. The number of nitrogens with zero attached hydrogens (tertiary/aromatic N) is 2. The number of piperidine rings is 3. The summed E-state index contributed by atoms with van der Waals surface area (Å²) in [6.45, 7) is 18.4. The van der Waals surface area contributed by atoms with Gasteiger partial charge in [0.1, 0.15) is 0 Å². The highest BCUT2D eigenvalue weighted by Gasteiger charge is 2.30. The molecule has 2 aromatic rings. The van der Waals surface area contributed by atoms with Gasteiger partial charge >= 0.3 is 5.97 Å². The van der Waals surface area contributed by atoms with E-state index in [2.05, 4.69) is 69.7 Å². The van der Waals surface area contributed by atoms with E-state index in [1.165, 1.54) is 11.1 Å². The SMILES string of the molecule is CC(C)(O)C1CCN(Cc2ccccc2)CC1.CC(C)(O)C1CCNCC1.CCOC(=O)C1CCN(Cc2ccccc2)CC1. The normalized spacial score (nSPS) is 19.5. The summed E-state index contributed by atoms with van der Waals surface area (Å²) in [6, 6.07) is 21.1. The van der Waals surface area contributed by atoms with Gasteiger partial charge in [0.2, 0.25) is 0 Å². The average Bonchev–Trinajstić information content (AvgIpc) is 3.03. The quantitative estimate of drug-likeness (QED) is 0.317. The lowest BCUT2D eigenvalue weighted by Crippen LogP contribution is -2.41. The van der Waals surface area contributed by atoms with Crippen molar-refractivity contribution in [2.75, 3.05) is 45.9 Å². The molecule has 3 N–H and O–H groups in total. The first-order valence-corrected chi connectivity index (χ1v) is 17.3. The maximum atomic E-state index is 11.6. The van der Waals surface area contributed by atoms with Crippen LogP contribution < -0.4 is 5.32 Å². The van der Waals surface area contributed by atoms with Crippen molar-refractivity contribution in [2.24, 2.45) is 17.8 Å². The molecule has 5 rings (SSSR count). The van der Waals surface area contributed by atoms with Crippen LogP contribution in [-0.4, -0.2) is 83.1 Å². The van der Waals surface area contributed by atoms with E-state index in [1.54, 1.807) is 0 Å². The first-order chi connectivity index (χ1) is 21.5. The van der Waals surface area contributed by atoms with E-state index in [9.17, 15) is 15.0 Å². The molecular formula is C38H61N3O4. The van der Waals surface area contributed by atoms with Crippen molar-refractivity contribution >= 4 is 5.97 Å². The van der Waals surface area contributed by atoms with Gasteiger partial charge in [-0.25, -0.2) is 0 Å². The number of aliphatic hydroxyl groups is 2. The van der Waals surface area contributed by atoms with E-state index >= 15 is 0 Å². The number of rotatable bonds is 8. The molecule has 3 aliphatic rings. The van der Waals surface area contributed by atoms with Crippen LogP contribution in [0.15, 0.2) is 60.7 Å². The fourth-order valence-corrected chi connectivity index (χ4v) is 6.60. The standard InChI is InChI=1S/C15H21NO2.C15H23NO.C8H17NO/c1-2-18-15(17)14-8-10-16(11-9-14)12-13-6-4-3-5-7-13;1-15(2,17)14-8-10-16(11-9-14)12-13-6-4-3-5-7-13;1-8(2,10)7-3-5-9-6-4-7/h3-7,14H,2,8-12H2,1H3;3-7,14,17H,8-12H2,1-2H3;7,9-10H,3-6H2,1-2H3. The van der Waals surface area contributed by atoms with Crippen molar-refractivity contribution in [2.45, 2.75) is 97.4 Å². The maximum absolute atomic E-state index is 11.6. The molecule has 3 fully saturated rings. The molecule has 7 nitrogen and oxygen atoms in total. The Morgan fingerprint density at radius 1 is 0.711 bits per heavy atom. The molecule has 3 heterocycles. The van der Waals surface area contributed by atoms with Gasteiger partial charge in [-0.2, -0.15) is 0 Å². The van der Waals surface area contributed by atoms with Crippen molar-refractivity contribution in [1.82, 2.24) is 15.1 Å². The fraction of sp³-hybridized carbons (Fsp3) is 0.658. The largest absolute Gasteiger partial charge is 0.466 e.